The molecular weight excluding hydrogens is 238 g/mol. The van der Waals surface area contributed by atoms with Crippen molar-refractivity contribution in [3.8, 4) is 0 Å². The number of piperidine rings is 1. The van der Waals surface area contributed by atoms with E-state index >= 15 is 0 Å². The molecule has 1 aliphatic rings. The van der Waals surface area contributed by atoms with Crippen molar-refractivity contribution in [1.82, 2.24) is 9.88 Å². The topological polar surface area (TPSA) is 39.6 Å². The van der Waals surface area contributed by atoms with Crippen LogP contribution in [0.1, 0.15) is 38.0 Å². The number of hydrogen-bond donors (Lipinski definition) is 1. The summed E-state index contributed by atoms with van der Waals surface area (Å²) < 4.78 is 0. The number of likely N-dealkylation sites (tertiary alicyclic amines) is 1. The maximum atomic E-state index is 9.76. The van der Waals surface area contributed by atoms with E-state index in [1.165, 1.54) is 12.8 Å². The van der Waals surface area contributed by atoms with Gasteiger partial charge in [-0.05, 0) is 51.5 Å². The van der Waals surface area contributed by atoms with Gasteiger partial charge in [0.2, 0.25) is 0 Å². The lowest BCUT2D eigenvalue weighted by Crippen LogP contribution is -2.42. The lowest BCUT2D eigenvalue weighted by Gasteiger charge is -2.36. The van der Waals surface area contributed by atoms with Crippen LogP contribution in [0.15, 0.2) is 18.3 Å². The third-order valence-electron chi connectivity index (χ3n) is 4.14. The van der Waals surface area contributed by atoms with E-state index in [2.05, 4.69) is 34.9 Å². The summed E-state index contributed by atoms with van der Waals surface area (Å²) in [5, 5.41) is 9.76. The zero-order valence-electron chi connectivity index (χ0n) is 12.2. The van der Waals surface area contributed by atoms with Crippen molar-refractivity contribution in [1.29, 1.82) is 0 Å². The second kappa shape index (κ2) is 6.35. The molecule has 0 spiro atoms. The molecule has 1 N–H and O–H groups in total. The maximum absolute atomic E-state index is 9.76. The predicted molar refractivity (Wildman–Crippen MR) is 78.4 cm³/mol. The molecule has 19 heavy (non-hydrogen) atoms. The summed E-state index contributed by atoms with van der Waals surface area (Å²) in [5.74, 6) is 0. The van der Waals surface area contributed by atoms with Crippen LogP contribution in [0.5, 0.6) is 0 Å². The quantitative estimate of drug-likeness (QED) is 0.902. The van der Waals surface area contributed by atoms with Gasteiger partial charge in [-0.15, -0.1) is 0 Å². The molecule has 0 bridgehead atoms. The van der Waals surface area contributed by atoms with Gasteiger partial charge in [0.25, 0.3) is 0 Å². The predicted octanol–water partition coefficient (Wildman–Crippen LogP) is 2.06. The average Bonchev–Trinajstić information content (AvgIpc) is 2.46. The molecular formula is C15H25N3O. The summed E-state index contributed by atoms with van der Waals surface area (Å²) in [6.07, 6.45) is 4.55. The third kappa shape index (κ3) is 3.45. The molecule has 1 aromatic heterocycles. The van der Waals surface area contributed by atoms with Gasteiger partial charge in [0.05, 0.1) is 23.7 Å². The van der Waals surface area contributed by atoms with Gasteiger partial charge < -0.3 is 14.9 Å². The molecule has 1 aromatic rings. The lowest BCUT2D eigenvalue weighted by molar-refractivity contribution is 0.169. The summed E-state index contributed by atoms with van der Waals surface area (Å²) in [5.41, 5.74) is 1.91. The van der Waals surface area contributed by atoms with Crippen molar-refractivity contribution in [2.24, 2.45) is 0 Å². The number of aliphatic hydroxyl groups is 1. The van der Waals surface area contributed by atoms with Crippen LogP contribution in [0.3, 0.4) is 0 Å². The van der Waals surface area contributed by atoms with E-state index < -0.39 is 6.10 Å². The van der Waals surface area contributed by atoms with Gasteiger partial charge >= 0.3 is 0 Å². The summed E-state index contributed by atoms with van der Waals surface area (Å²) in [6, 6.07) is 4.61. The molecule has 1 aliphatic heterocycles. The fourth-order valence-electron chi connectivity index (χ4n) is 2.61. The van der Waals surface area contributed by atoms with Gasteiger partial charge in [-0.25, -0.2) is 0 Å². The number of anilines is 1. The Kier molecular flexibility index (Phi) is 4.77. The molecule has 0 unspecified atom stereocenters. The van der Waals surface area contributed by atoms with Gasteiger partial charge in [0.1, 0.15) is 0 Å². The van der Waals surface area contributed by atoms with Crippen LogP contribution in [0.4, 0.5) is 5.69 Å². The highest BCUT2D eigenvalue weighted by atomic mass is 16.3. The summed E-state index contributed by atoms with van der Waals surface area (Å²) in [7, 11) is 4.32. The highest BCUT2D eigenvalue weighted by molar-refractivity contribution is 5.45. The van der Waals surface area contributed by atoms with Crippen LogP contribution in [0.2, 0.25) is 0 Å². The summed E-state index contributed by atoms with van der Waals surface area (Å²) in [4.78, 5) is 9.08. The van der Waals surface area contributed by atoms with Crippen molar-refractivity contribution < 1.29 is 5.11 Å². The molecule has 0 aliphatic carbocycles. The number of nitrogens with zero attached hydrogens (tertiary/aromatic N) is 3. The SMILES string of the molecule is CC[C@H](O)c1ccc(N(C)C2CCN(C)CC2)cn1. The number of rotatable bonds is 4. The van der Waals surface area contributed by atoms with Crippen molar-refractivity contribution in [2.75, 3.05) is 32.1 Å². The lowest BCUT2D eigenvalue weighted by atomic mass is 10.0. The molecule has 0 saturated carbocycles. The Hall–Kier alpha value is -1.13. The van der Waals surface area contributed by atoms with Crippen molar-refractivity contribution in [3.05, 3.63) is 24.0 Å². The van der Waals surface area contributed by atoms with Crippen LogP contribution in [0, 0.1) is 0 Å². The van der Waals surface area contributed by atoms with E-state index in [4.69, 9.17) is 0 Å². The van der Waals surface area contributed by atoms with Crippen LogP contribution in [0.25, 0.3) is 0 Å². The summed E-state index contributed by atoms with van der Waals surface area (Å²) >= 11 is 0. The molecule has 106 valence electrons. The van der Waals surface area contributed by atoms with Crippen LogP contribution < -0.4 is 4.90 Å². The zero-order valence-corrected chi connectivity index (χ0v) is 12.2. The van der Waals surface area contributed by atoms with Crippen LogP contribution >= 0.6 is 0 Å². The number of aliphatic hydroxyl groups excluding tert-OH is 1. The van der Waals surface area contributed by atoms with Crippen molar-refractivity contribution >= 4 is 5.69 Å². The molecule has 0 aromatic carbocycles. The molecule has 1 fully saturated rings. The highest BCUT2D eigenvalue weighted by Gasteiger charge is 2.21. The highest BCUT2D eigenvalue weighted by Crippen LogP contribution is 2.22. The number of hydrogen-bond acceptors (Lipinski definition) is 4. The smallest absolute Gasteiger partial charge is 0.0957 e. The Morgan fingerprint density at radius 1 is 1.42 bits per heavy atom. The zero-order chi connectivity index (χ0) is 13.8. The number of aromatic nitrogens is 1. The van der Waals surface area contributed by atoms with Crippen molar-refractivity contribution in [3.63, 3.8) is 0 Å². The number of pyridine rings is 1. The Bertz CT molecular complexity index is 385. The average molecular weight is 263 g/mol. The van der Waals surface area contributed by atoms with Crippen LogP contribution in [-0.2, 0) is 0 Å². The fourth-order valence-corrected chi connectivity index (χ4v) is 2.61. The molecule has 0 radical (unpaired) electrons. The maximum Gasteiger partial charge on any atom is 0.0957 e. The van der Waals surface area contributed by atoms with E-state index in [9.17, 15) is 5.11 Å². The van der Waals surface area contributed by atoms with E-state index in [1.807, 2.05) is 19.2 Å². The first-order chi connectivity index (χ1) is 9.11. The largest absolute Gasteiger partial charge is 0.387 e. The first-order valence-corrected chi connectivity index (χ1v) is 7.17. The first kappa shape index (κ1) is 14.3. The van der Waals surface area contributed by atoms with E-state index in [0.717, 1.165) is 24.5 Å². The van der Waals surface area contributed by atoms with Gasteiger partial charge in [-0.2, -0.15) is 0 Å². The molecule has 2 rings (SSSR count). The summed E-state index contributed by atoms with van der Waals surface area (Å²) in [6.45, 7) is 4.29. The Morgan fingerprint density at radius 2 is 2.11 bits per heavy atom. The first-order valence-electron chi connectivity index (χ1n) is 7.17. The molecule has 4 heteroatoms. The minimum Gasteiger partial charge on any atom is -0.387 e. The van der Waals surface area contributed by atoms with E-state index in [0.29, 0.717) is 12.5 Å². The Labute approximate surface area is 116 Å². The van der Waals surface area contributed by atoms with Gasteiger partial charge in [0, 0.05) is 13.1 Å². The minimum atomic E-state index is -0.442. The second-order valence-corrected chi connectivity index (χ2v) is 5.51. The standard InChI is InChI=1S/C15H25N3O/c1-4-15(19)14-6-5-13(11-16-14)18(3)12-7-9-17(2)10-8-12/h5-6,11-12,15,19H,4,7-10H2,1-3H3/t15-/m0/s1. The Balaban J connectivity index is 2.01. The van der Waals surface area contributed by atoms with E-state index in [1.54, 1.807) is 0 Å². The molecule has 0 amide bonds. The van der Waals surface area contributed by atoms with Crippen LogP contribution in [-0.4, -0.2) is 48.2 Å². The molecule has 1 saturated heterocycles. The second-order valence-electron chi connectivity index (χ2n) is 5.51. The minimum absolute atomic E-state index is 0.442. The normalized spacial score (nSPS) is 19.4. The third-order valence-corrected chi connectivity index (χ3v) is 4.14. The van der Waals surface area contributed by atoms with Gasteiger partial charge in [-0.3, -0.25) is 4.98 Å². The van der Waals surface area contributed by atoms with Gasteiger partial charge in [-0.1, -0.05) is 6.92 Å². The molecule has 2 heterocycles. The Morgan fingerprint density at radius 3 is 2.63 bits per heavy atom. The van der Waals surface area contributed by atoms with Crippen molar-refractivity contribution in [2.45, 2.75) is 38.3 Å². The fraction of sp³-hybridized carbons (Fsp3) is 0.667. The molecule has 4 nitrogen and oxygen atoms in total. The molecule has 1 atom stereocenters. The van der Waals surface area contributed by atoms with E-state index in [-0.39, 0.29) is 0 Å². The van der Waals surface area contributed by atoms with Gasteiger partial charge in [0.15, 0.2) is 0 Å². The monoisotopic (exact) mass is 263 g/mol.